The highest BCUT2D eigenvalue weighted by molar-refractivity contribution is 7.15. The molecule has 3 heteroatoms. The van der Waals surface area contributed by atoms with Crippen molar-refractivity contribution in [2.24, 2.45) is 0 Å². The summed E-state index contributed by atoms with van der Waals surface area (Å²) < 4.78 is 5.89. The predicted octanol–water partition coefficient (Wildman–Crippen LogP) is 4.40. The zero-order chi connectivity index (χ0) is 14.8. The van der Waals surface area contributed by atoms with Crippen molar-refractivity contribution in [1.29, 1.82) is 0 Å². The third kappa shape index (κ3) is 2.77. The second-order valence-corrected chi connectivity index (χ2v) is 5.47. The van der Waals surface area contributed by atoms with Gasteiger partial charge in [-0.3, -0.25) is 4.79 Å². The fourth-order valence-corrected chi connectivity index (χ4v) is 2.63. The Kier molecular flexibility index (Phi) is 3.90. The molecule has 0 amide bonds. The first-order valence-electron chi connectivity index (χ1n) is 7.07. The van der Waals surface area contributed by atoms with Gasteiger partial charge in [0.15, 0.2) is 5.43 Å². The van der Waals surface area contributed by atoms with Gasteiger partial charge in [0.25, 0.3) is 0 Å². The molecule has 0 spiro atoms. The van der Waals surface area contributed by atoms with Gasteiger partial charge in [-0.2, -0.15) is 0 Å². The van der Waals surface area contributed by atoms with Gasteiger partial charge >= 0.3 is 0 Å². The molecule has 3 aromatic rings. The Balaban J connectivity index is 2.13. The Labute approximate surface area is 126 Å². The highest BCUT2D eigenvalue weighted by atomic mass is 31.0. The van der Waals surface area contributed by atoms with E-state index in [1.54, 1.807) is 6.07 Å². The Morgan fingerprint density at radius 1 is 1.00 bits per heavy atom. The second-order valence-electron chi connectivity index (χ2n) is 5.06. The molecule has 3 rings (SSSR count). The number of hydrogen-bond acceptors (Lipinski definition) is 2. The van der Waals surface area contributed by atoms with E-state index in [2.05, 4.69) is 28.3 Å². The molecule has 0 aliphatic heterocycles. The lowest BCUT2D eigenvalue weighted by Crippen LogP contribution is -2.01. The molecule has 0 saturated carbocycles. The van der Waals surface area contributed by atoms with E-state index >= 15 is 0 Å². The van der Waals surface area contributed by atoms with Crippen LogP contribution in [-0.4, -0.2) is 0 Å². The van der Waals surface area contributed by atoms with Gasteiger partial charge in [-0.1, -0.05) is 37.3 Å². The van der Waals surface area contributed by atoms with Crippen LogP contribution in [0.2, 0.25) is 0 Å². The topological polar surface area (TPSA) is 30.2 Å². The van der Waals surface area contributed by atoms with Crippen LogP contribution in [0.4, 0.5) is 0 Å². The zero-order valence-corrected chi connectivity index (χ0v) is 13.1. The van der Waals surface area contributed by atoms with Crippen LogP contribution in [0.1, 0.15) is 18.1 Å². The Morgan fingerprint density at radius 3 is 2.38 bits per heavy atom. The lowest BCUT2D eigenvalue weighted by atomic mass is 10.1. The van der Waals surface area contributed by atoms with E-state index in [1.165, 1.54) is 5.56 Å². The maximum absolute atomic E-state index is 12.3. The molecule has 1 unspecified atom stereocenters. The molecule has 0 fully saturated rings. The first-order chi connectivity index (χ1) is 10.2. The van der Waals surface area contributed by atoms with Crippen LogP contribution in [0.5, 0.6) is 0 Å². The highest BCUT2D eigenvalue weighted by Gasteiger charge is 2.07. The Hall–Kier alpha value is -1.92. The lowest BCUT2D eigenvalue weighted by molar-refractivity contribution is 0.619. The number of rotatable bonds is 3. The highest BCUT2D eigenvalue weighted by Crippen LogP contribution is 2.23. The minimum absolute atomic E-state index is 0.00566. The van der Waals surface area contributed by atoms with Gasteiger partial charge in [-0.15, -0.1) is 9.24 Å². The van der Waals surface area contributed by atoms with E-state index in [0.717, 1.165) is 23.7 Å². The number of benzene rings is 2. The summed E-state index contributed by atoms with van der Waals surface area (Å²) in [5.41, 5.74) is 3.96. The van der Waals surface area contributed by atoms with Gasteiger partial charge in [0.1, 0.15) is 11.3 Å². The molecule has 0 N–H and O–H groups in total. The van der Waals surface area contributed by atoms with E-state index in [-0.39, 0.29) is 5.43 Å². The summed E-state index contributed by atoms with van der Waals surface area (Å²) in [4.78, 5) is 12.3. The first kappa shape index (κ1) is 14.0. The maximum Gasteiger partial charge on any atom is 0.193 e. The van der Waals surface area contributed by atoms with Crippen LogP contribution in [-0.2, 0) is 12.6 Å². The molecule has 1 atom stereocenters. The fraction of sp³-hybridized carbons (Fsp3) is 0.167. The van der Waals surface area contributed by atoms with E-state index in [0.29, 0.717) is 16.7 Å². The smallest absolute Gasteiger partial charge is 0.193 e. The molecule has 2 aromatic carbocycles. The van der Waals surface area contributed by atoms with Crippen molar-refractivity contribution < 1.29 is 4.42 Å². The molecule has 0 bridgehead atoms. The molecule has 2 nitrogen and oxygen atoms in total. The fourth-order valence-electron chi connectivity index (χ4n) is 2.38. The molecule has 0 saturated heterocycles. The molecule has 0 aliphatic rings. The number of fused-ring (bicyclic) bond motifs is 1. The predicted molar refractivity (Wildman–Crippen MR) is 90.7 cm³/mol. The van der Waals surface area contributed by atoms with E-state index < -0.39 is 0 Å². The molecular weight excluding hydrogens is 279 g/mol. The largest absolute Gasteiger partial charge is 0.456 e. The van der Waals surface area contributed by atoms with Crippen LogP contribution in [0.3, 0.4) is 0 Å². The minimum atomic E-state index is 0.00566. The lowest BCUT2D eigenvalue weighted by Gasteiger charge is -2.05. The average Bonchev–Trinajstić information content (AvgIpc) is 2.54. The van der Waals surface area contributed by atoms with Crippen molar-refractivity contribution in [2.45, 2.75) is 19.5 Å². The summed E-state index contributed by atoms with van der Waals surface area (Å²) in [6.45, 7) is 2.12. The third-order valence-corrected chi connectivity index (χ3v) is 4.15. The SMILES string of the molecule is CCc1ccc(-c2cc(=O)c3cc(CP)ccc3o2)cc1. The van der Waals surface area contributed by atoms with Gasteiger partial charge in [-0.25, -0.2) is 0 Å². The van der Waals surface area contributed by atoms with Gasteiger partial charge in [-0.05, 0) is 35.8 Å². The van der Waals surface area contributed by atoms with Crippen molar-refractivity contribution in [3.63, 3.8) is 0 Å². The van der Waals surface area contributed by atoms with Crippen LogP contribution in [0.15, 0.2) is 57.7 Å². The van der Waals surface area contributed by atoms with Crippen molar-refractivity contribution in [3.05, 3.63) is 69.9 Å². The molecule has 1 aromatic heterocycles. The summed E-state index contributed by atoms with van der Waals surface area (Å²) in [5.74, 6) is 0.619. The van der Waals surface area contributed by atoms with Gasteiger partial charge < -0.3 is 4.42 Å². The molecular formula is C18H17O2P. The summed E-state index contributed by atoms with van der Waals surface area (Å²) in [5, 5.41) is 0.642. The van der Waals surface area contributed by atoms with Crippen LogP contribution in [0, 0.1) is 0 Å². The average molecular weight is 296 g/mol. The molecule has 1 heterocycles. The zero-order valence-electron chi connectivity index (χ0n) is 11.9. The Morgan fingerprint density at radius 2 is 1.71 bits per heavy atom. The summed E-state index contributed by atoms with van der Waals surface area (Å²) >= 11 is 0. The van der Waals surface area contributed by atoms with E-state index in [4.69, 9.17) is 4.42 Å². The van der Waals surface area contributed by atoms with Crippen LogP contribution < -0.4 is 5.43 Å². The van der Waals surface area contributed by atoms with E-state index in [9.17, 15) is 4.79 Å². The van der Waals surface area contributed by atoms with Crippen molar-refractivity contribution in [1.82, 2.24) is 0 Å². The maximum atomic E-state index is 12.3. The van der Waals surface area contributed by atoms with Crippen LogP contribution >= 0.6 is 9.24 Å². The normalized spacial score (nSPS) is 11.0. The van der Waals surface area contributed by atoms with Gasteiger partial charge in [0.2, 0.25) is 0 Å². The monoisotopic (exact) mass is 296 g/mol. The molecule has 0 radical (unpaired) electrons. The minimum Gasteiger partial charge on any atom is -0.456 e. The summed E-state index contributed by atoms with van der Waals surface area (Å²) in [6.07, 6.45) is 1.83. The summed E-state index contributed by atoms with van der Waals surface area (Å²) in [6, 6.07) is 15.5. The second kappa shape index (κ2) is 5.83. The standard InChI is InChI=1S/C18H17O2P/c1-2-12-3-6-14(7-4-12)18-10-16(19)15-9-13(11-21)5-8-17(15)20-18/h3-10H,2,11,21H2,1H3. The van der Waals surface area contributed by atoms with Gasteiger partial charge in [0, 0.05) is 11.6 Å². The summed E-state index contributed by atoms with van der Waals surface area (Å²) in [7, 11) is 2.66. The first-order valence-corrected chi connectivity index (χ1v) is 7.89. The van der Waals surface area contributed by atoms with Crippen LogP contribution in [0.25, 0.3) is 22.3 Å². The van der Waals surface area contributed by atoms with E-state index in [1.807, 2.05) is 30.3 Å². The molecule has 106 valence electrons. The van der Waals surface area contributed by atoms with Crippen molar-refractivity contribution >= 4 is 20.2 Å². The number of aryl methyl sites for hydroxylation is 1. The third-order valence-electron chi connectivity index (χ3n) is 3.67. The molecule has 0 aliphatic carbocycles. The Bertz CT molecular complexity index is 832. The quantitative estimate of drug-likeness (QED) is 0.671. The van der Waals surface area contributed by atoms with Gasteiger partial charge in [0.05, 0.1) is 5.39 Å². The molecule has 21 heavy (non-hydrogen) atoms. The van der Waals surface area contributed by atoms with Crippen molar-refractivity contribution in [2.75, 3.05) is 0 Å². The number of hydrogen-bond donors (Lipinski definition) is 0. The van der Waals surface area contributed by atoms with Crippen molar-refractivity contribution in [3.8, 4) is 11.3 Å².